The summed E-state index contributed by atoms with van der Waals surface area (Å²) in [5.74, 6) is -3.14. The van der Waals surface area contributed by atoms with Gasteiger partial charge in [-0.15, -0.1) is 0 Å². The molecule has 0 aliphatic rings. The molecule has 0 bridgehead atoms. The summed E-state index contributed by atoms with van der Waals surface area (Å²) in [7, 11) is 0. The molecular weight excluding hydrogens is 294 g/mol. The summed E-state index contributed by atoms with van der Waals surface area (Å²) in [4.78, 5) is 25.0. The number of hydrogen-bond acceptors (Lipinski definition) is 6. The van der Waals surface area contributed by atoms with Crippen LogP contribution in [-0.2, 0) is 0 Å². The zero-order chi connectivity index (χ0) is 14.9. The molecule has 2 rings (SSSR count). The van der Waals surface area contributed by atoms with Crippen molar-refractivity contribution in [2.75, 3.05) is 5.32 Å². The molecule has 0 fully saturated rings. The molecule has 2 aromatic rings. The molecule has 0 radical (unpaired) electrons. The van der Waals surface area contributed by atoms with Gasteiger partial charge < -0.3 is 0 Å². The van der Waals surface area contributed by atoms with E-state index in [2.05, 4.69) is 14.7 Å². The lowest BCUT2D eigenvalue weighted by atomic mass is 10.1. The highest BCUT2D eigenvalue weighted by Crippen LogP contribution is 2.23. The van der Waals surface area contributed by atoms with E-state index in [1.807, 2.05) is 0 Å². The Hall–Kier alpha value is -2.49. The topological polar surface area (TPSA) is 98.0 Å². The number of hydrogen-bond donors (Lipinski definition) is 1. The zero-order valence-electron chi connectivity index (χ0n) is 9.89. The Balaban J connectivity index is 2.37. The number of halogens is 2. The number of carbonyl (C=O) groups excluding carboxylic acids is 1. The van der Waals surface area contributed by atoms with Crippen LogP contribution in [0.15, 0.2) is 12.1 Å². The minimum atomic E-state index is -1.41. The average molecular weight is 300 g/mol. The first-order valence-corrected chi connectivity index (χ1v) is 5.91. The van der Waals surface area contributed by atoms with E-state index >= 15 is 0 Å². The summed E-state index contributed by atoms with van der Waals surface area (Å²) in [6.45, 7) is 1.58. The van der Waals surface area contributed by atoms with Crippen LogP contribution >= 0.6 is 11.5 Å². The van der Waals surface area contributed by atoms with Crippen molar-refractivity contribution in [1.29, 1.82) is 0 Å². The molecule has 1 N–H and O–H groups in total. The van der Waals surface area contributed by atoms with Crippen LogP contribution in [-0.4, -0.2) is 20.2 Å². The van der Waals surface area contributed by atoms with Crippen molar-refractivity contribution in [2.24, 2.45) is 0 Å². The van der Waals surface area contributed by atoms with Crippen molar-refractivity contribution >= 4 is 28.3 Å². The minimum Gasteiger partial charge on any atom is -0.296 e. The summed E-state index contributed by atoms with van der Waals surface area (Å²) in [6, 6.07) is 0.979. The number of aryl methyl sites for hydroxylation is 1. The molecule has 0 unspecified atom stereocenters. The van der Waals surface area contributed by atoms with Crippen LogP contribution < -0.4 is 5.32 Å². The summed E-state index contributed by atoms with van der Waals surface area (Å²) >= 11 is 0.850. The molecule has 1 heterocycles. The highest BCUT2D eigenvalue weighted by molar-refractivity contribution is 7.09. The Labute approximate surface area is 114 Å². The third kappa shape index (κ3) is 2.74. The molecule has 0 aliphatic carbocycles. The standard InChI is InChI=1S/C10H6F2N4O3S/c1-4-13-10(20-15-4)14-9(17)6-2-5(11)3-7(8(6)12)16(18)19/h2-3H,1H3,(H,13,14,15,17). The molecule has 0 saturated heterocycles. The Morgan fingerprint density at radius 3 is 2.70 bits per heavy atom. The molecule has 0 aliphatic heterocycles. The van der Waals surface area contributed by atoms with Crippen LogP contribution in [0.2, 0.25) is 0 Å². The van der Waals surface area contributed by atoms with E-state index in [1.54, 1.807) is 6.92 Å². The Morgan fingerprint density at radius 1 is 1.45 bits per heavy atom. The van der Waals surface area contributed by atoms with Crippen LogP contribution in [0.4, 0.5) is 19.6 Å². The van der Waals surface area contributed by atoms with Gasteiger partial charge in [0.25, 0.3) is 5.91 Å². The normalized spacial score (nSPS) is 10.3. The first-order valence-electron chi connectivity index (χ1n) is 5.13. The molecule has 0 atom stereocenters. The largest absolute Gasteiger partial charge is 0.308 e. The zero-order valence-corrected chi connectivity index (χ0v) is 10.7. The van der Waals surface area contributed by atoms with Gasteiger partial charge in [-0.2, -0.15) is 8.76 Å². The van der Waals surface area contributed by atoms with Gasteiger partial charge in [-0.3, -0.25) is 20.2 Å². The van der Waals surface area contributed by atoms with Crippen molar-refractivity contribution in [1.82, 2.24) is 9.36 Å². The van der Waals surface area contributed by atoms with E-state index in [4.69, 9.17) is 0 Å². The van der Waals surface area contributed by atoms with Crippen molar-refractivity contribution < 1.29 is 18.5 Å². The highest BCUT2D eigenvalue weighted by Gasteiger charge is 2.24. The Bertz CT molecular complexity index is 704. The number of nitrogens with one attached hydrogen (secondary N) is 1. The lowest BCUT2D eigenvalue weighted by molar-refractivity contribution is -0.387. The number of aromatic nitrogens is 2. The summed E-state index contributed by atoms with van der Waals surface area (Å²) < 4.78 is 30.7. The fourth-order valence-electron chi connectivity index (χ4n) is 1.39. The van der Waals surface area contributed by atoms with Crippen LogP contribution in [0.3, 0.4) is 0 Å². The summed E-state index contributed by atoms with van der Waals surface area (Å²) in [5.41, 5.74) is -1.88. The maximum absolute atomic E-state index is 13.8. The number of rotatable bonds is 3. The average Bonchev–Trinajstić information content (AvgIpc) is 2.76. The van der Waals surface area contributed by atoms with E-state index < -0.39 is 33.7 Å². The monoisotopic (exact) mass is 300 g/mol. The van der Waals surface area contributed by atoms with Crippen molar-refractivity contribution in [3.63, 3.8) is 0 Å². The van der Waals surface area contributed by atoms with Crippen molar-refractivity contribution in [3.05, 3.63) is 45.3 Å². The number of benzene rings is 1. The molecule has 0 saturated carbocycles. The quantitative estimate of drug-likeness (QED) is 0.692. The lowest BCUT2D eigenvalue weighted by Gasteiger charge is -2.03. The van der Waals surface area contributed by atoms with Crippen molar-refractivity contribution in [2.45, 2.75) is 6.92 Å². The Kier molecular flexibility index (Phi) is 3.66. The van der Waals surface area contributed by atoms with Crippen molar-refractivity contribution in [3.8, 4) is 0 Å². The first kappa shape index (κ1) is 13.9. The molecule has 0 spiro atoms. The fraction of sp³-hybridized carbons (Fsp3) is 0.100. The highest BCUT2D eigenvalue weighted by atomic mass is 32.1. The number of nitro benzene ring substituents is 1. The van der Waals surface area contributed by atoms with E-state index in [1.165, 1.54) is 0 Å². The fourth-order valence-corrected chi connectivity index (χ4v) is 1.96. The Morgan fingerprint density at radius 2 is 2.15 bits per heavy atom. The first-order chi connectivity index (χ1) is 9.38. The second-order valence-electron chi connectivity index (χ2n) is 3.64. The predicted octanol–water partition coefficient (Wildman–Crippen LogP) is 2.29. The molecule has 7 nitrogen and oxygen atoms in total. The van der Waals surface area contributed by atoms with Crippen LogP contribution in [0.1, 0.15) is 16.2 Å². The van der Waals surface area contributed by atoms with Gasteiger partial charge in [-0.1, -0.05) is 0 Å². The van der Waals surface area contributed by atoms with E-state index in [0.29, 0.717) is 18.0 Å². The molecule has 1 amide bonds. The minimum absolute atomic E-state index is 0.0822. The van der Waals surface area contributed by atoms with E-state index in [9.17, 15) is 23.7 Å². The molecule has 20 heavy (non-hydrogen) atoms. The second-order valence-corrected chi connectivity index (χ2v) is 4.40. The molecule has 10 heteroatoms. The number of nitrogens with zero attached hydrogens (tertiary/aromatic N) is 3. The lowest BCUT2D eigenvalue weighted by Crippen LogP contribution is -2.15. The number of carbonyl (C=O) groups is 1. The maximum Gasteiger partial charge on any atom is 0.308 e. The van der Waals surface area contributed by atoms with Gasteiger partial charge in [0.05, 0.1) is 16.6 Å². The summed E-state index contributed by atoms with van der Waals surface area (Å²) in [6.07, 6.45) is 0. The number of nitro groups is 1. The number of amides is 1. The third-order valence-electron chi connectivity index (χ3n) is 2.21. The van der Waals surface area contributed by atoms with Gasteiger partial charge in [-0.25, -0.2) is 9.37 Å². The number of anilines is 1. The molecule has 1 aromatic carbocycles. The summed E-state index contributed by atoms with van der Waals surface area (Å²) in [5, 5.41) is 12.8. The second kappa shape index (κ2) is 5.25. The SMILES string of the molecule is Cc1nsc(NC(=O)c2cc(F)cc([N+](=O)[O-])c2F)n1. The van der Waals surface area contributed by atoms with E-state index in [-0.39, 0.29) is 5.13 Å². The van der Waals surface area contributed by atoms with Crippen LogP contribution in [0.25, 0.3) is 0 Å². The van der Waals surface area contributed by atoms with Crippen LogP contribution in [0.5, 0.6) is 0 Å². The van der Waals surface area contributed by atoms with E-state index in [0.717, 1.165) is 11.5 Å². The third-order valence-corrected chi connectivity index (χ3v) is 2.93. The van der Waals surface area contributed by atoms with Gasteiger partial charge in [0.15, 0.2) is 0 Å². The van der Waals surface area contributed by atoms with Gasteiger partial charge in [0.1, 0.15) is 11.6 Å². The smallest absolute Gasteiger partial charge is 0.296 e. The maximum atomic E-state index is 13.8. The van der Waals surface area contributed by atoms with Gasteiger partial charge in [0, 0.05) is 11.5 Å². The van der Waals surface area contributed by atoms with Gasteiger partial charge in [-0.05, 0) is 13.0 Å². The van der Waals surface area contributed by atoms with Gasteiger partial charge in [0.2, 0.25) is 10.9 Å². The van der Waals surface area contributed by atoms with Crippen LogP contribution in [0, 0.1) is 28.7 Å². The van der Waals surface area contributed by atoms with Gasteiger partial charge >= 0.3 is 5.69 Å². The predicted molar refractivity (Wildman–Crippen MR) is 65.6 cm³/mol. The molecular formula is C10H6F2N4O3S. The molecule has 104 valence electrons. The molecule has 1 aromatic heterocycles.